The Morgan fingerprint density at radius 2 is 1.58 bits per heavy atom. The van der Waals surface area contributed by atoms with E-state index >= 15 is 0 Å². The Morgan fingerprint density at radius 3 is 2.05 bits per heavy atom. The molecule has 1 aromatic rings. The number of rotatable bonds is 29. The van der Waals surface area contributed by atoms with Crippen molar-refractivity contribution in [2.75, 3.05) is 85.8 Å². The number of likely N-dealkylation sites (N-methyl/N-ethyl adjacent to an activating group) is 3. The Labute approximate surface area is 467 Å². The number of carbonyl (C=O) groups is 7. The van der Waals surface area contributed by atoms with E-state index in [1.807, 2.05) is 52.1 Å². The molecule has 0 bridgehead atoms. The summed E-state index contributed by atoms with van der Waals surface area (Å²) in [6.07, 6.45) is 14.6. The van der Waals surface area contributed by atoms with Crippen LogP contribution in [0.3, 0.4) is 0 Å². The highest BCUT2D eigenvalue weighted by Crippen LogP contribution is 2.25. The lowest BCUT2D eigenvalue weighted by molar-refractivity contribution is -0.139. The predicted molar refractivity (Wildman–Crippen MR) is 313 cm³/mol. The van der Waals surface area contributed by atoms with Gasteiger partial charge in [0.2, 0.25) is 30.0 Å². The van der Waals surface area contributed by atoms with Crippen LogP contribution in [-0.2, 0) is 49.5 Å². The number of ketones is 1. The minimum Gasteiger partial charge on any atom is -0.380 e. The summed E-state index contributed by atoms with van der Waals surface area (Å²) >= 11 is 3.26. The zero-order chi connectivity index (χ0) is 58.2. The first-order valence-electron chi connectivity index (χ1n) is 27.3. The van der Waals surface area contributed by atoms with Gasteiger partial charge in [0.15, 0.2) is 6.29 Å². The van der Waals surface area contributed by atoms with Gasteiger partial charge in [-0.05, 0) is 102 Å². The van der Waals surface area contributed by atoms with Crippen LogP contribution >= 0.6 is 15.9 Å². The number of nitrogens with one attached hydrogen (secondary N) is 5. The van der Waals surface area contributed by atoms with E-state index in [0.29, 0.717) is 36.6 Å². The molecule has 0 aromatic heterocycles. The number of aliphatic imine (C=N–C) groups is 1. The molecule has 19 heteroatoms. The number of carbonyl (C=O) groups excluding carboxylic acids is 7. The fourth-order valence-corrected chi connectivity index (χ4v) is 8.56. The molecule has 2 aliphatic heterocycles. The second kappa shape index (κ2) is 44.4. The molecule has 9 atom stereocenters. The molecule has 0 spiro atoms. The molecule has 76 heavy (non-hydrogen) atoms. The number of methoxy groups -OCH3 is 2. The van der Waals surface area contributed by atoms with Gasteiger partial charge in [0, 0.05) is 70.3 Å². The highest BCUT2D eigenvalue weighted by atomic mass is 79.9. The highest BCUT2D eigenvalue weighted by Gasteiger charge is 2.33. The van der Waals surface area contributed by atoms with Gasteiger partial charge in [-0.3, -0.25) is 38.6 Å². The molecular weight excluding hydrogens is 1030 g/mol. The summed E-state index contributed by atoms with van der Waals surface area (Å²) in [7, 11) is 10.6. The zero-order valence-electron chi connectivity index (χ0n) is 49.5. The Bertz CT molecular complexity index is 1850. The van der Waals surface area contributed by atoms with Gasteiger partial charge in [0.05, 0.1) is 43.3 Å². The summed E-state index contributed by atoms with van der Waals surface area (Å²) in [4.78, 5) is 90.7. The van der Waals surface area contributed by atoms with Gasteiger partial charge < -0.3 is 50.8 Å². The fraction of sp³-hybridized carbons (Fsp3) is 0.719. The van der Waals surface area contributed by atoms with Crippen LogP contribution in [0.15, 0.2) is 41.0 Å². The number of alkyl halides is 1. The Balaban J connectivity index is 0. The first-order chi connectivity index (χ1) is 36.1. The Morgan fingerprint density at radius 1 is 0.934 bits per heavy atom. The minimum atomic E-state index is -0.365. The van der Waals surface area contributed by atoms with Crippen molar-refractivity contribution in [3.05, 3.63) is 41.6 Å². The molecule has 5 amide bonds. The molecule has 2 aliphatic rings. The standard InChI is InChI=1S/C29H50N4O4.C14H26N2O4.C6H7BrN2O.C5H11N.C3H8/c1-9-20(2)12-10-13-21(3)27(37-8)22(4)29(36)33(7)17-16-24-14-11-15-25(18-24)32-26(34)19-31-28(35)23(5)30-6;1-6-10(2)14(12(20-5)7-11(3)18)16(4)13(19)8-15-9-17;7-1-6-8-2-5(4-10)3-9-6;1-6-4-2-3-5-6;1-3-2/h11,14-15,18,20-23,27,30H,9-10,12-13,16-17,19H2,1-8H3,(H,31,35)(H,32,34);9-10,12,14H,6-8H2,1-5H3,(H,15,17);2-4,6,8H,1H2;2-5H2,1H3;3H2,1-2H3. The maximum atomic E-state index is 13.2. The van der Waals surface area contributed by atoms with Gasteiger partial charge >= 0.3 is 0 Å². The third-order valence-electron chi connectivity index (χ3n) is 13.4. The number of hydrogen-bond donors (Lipinski definition) is 5. The van der Waals surface area contributed by atoms with Crippen molar-refractivity contribution in [3.8, 4) is 0 Å². The third-order valence-corrected chi connectivity index (χ3v) is 14.0. The van der Waals surface area contributed by atoms with Crippen molar-refractivity contribution in [1.29, 1.82) is 0 Å². The summed E-state index contributed by atoms with van der Waals surface area (Å²) in [6.45, 7) is 23.2. The second-order valence-electron chi connectivity index (χ2n) is 20.1. The average molecular weight is 1140 g/mol. The number of amides is 5. The number of anilines is 1. The Hall–Kier alpha value is -4.56. The third kappa shape index (κ3) is 32.2. The van der Waals surface area contributed by atoms with E-state index < -0.39 is 0 Å². The highest BCUT2D eigenvalue weighted by molar-refractivity contribution is 9.09. The number of hydrogen-bond acceptors (Lipinski definition) is 13. The quantitative estimate of drug-likeness (QED) is 0.0403. The SMILES string of the molecule is CCC.CCC(C)C(C(CC(C)=O)OC)N(C)C(=O)CNC=O.CCC(C)CCCC(C)C(OC)C(C)C(=O)N(C)CCc1cccc(NC(=O)CNC(=O)C(C)NC)c1.CN1CCCC1.O=CC1=CNC(CBr)N=C1. The van der Waals surface area contributed by atoms with Crippen molar-refractivity contribution in [2.45, 2.75) is 164 Å². The topological polar surface area (TPSA) is 220 Å². The molecule has 1 saturated heterocycles. The molecule has 0 saturated carbocycles. The van der Waals surface area contributed by atoms with E-state index in [1.54, 1.807) is 57.5 Å². The van der Waals surface area contributed by atoms with Crippen molar-refractivity contribution in [2.24, 2.45) is 28.7 Å². The van der Waals surface area contributed by atoms with E-state index in [-0.39, 0.29) is 91.2 Å². The molecule has 1 fully saturated rings. The lowest BCUT2D eigenvalue weighted by Gasteiger charge is -2.37. The number of benzene rings is 1. The van der Waals surface area contributed by atoms with Gasteiger partial charge in [0.1, 0.15) is 11.9 Å². The van der Waals surface area contributed by atoms with Crippen LogP contribution in [0.4, 0.5) is 5.69 Å². The van der Waals surface area contributed by atoms with Gasteiger partial charge in [-0.25, -0.2) is 0 Å². The van der Waals surface area contributed by atoms with Crippen LogP contribution in [0.5, 0.6) is 0 Å². The number of likely N-dealkylation sites (tertiary alicyclic amines) is 1. The molecule has 0 radical (unpaired) electrons. The monoisotopic (exact) mass is 1140 g/mol. The predicted octanol–water partition coefficient (Wildman–Crippen LogP) is 7.05. The minimum absolute atomic E-state index is 0.0250. The van der Waals surface area contributed by atoms with Crippen LogP contribution < -0.4 is 26.6 Å². The normalized spacial score (nSPS) is 16.7. The molecular formula is C57H102BrN9O9. The van der Waals surface area contributed by atoms with Crippen LogP contribution in [-0.4, -0.2) is 174 Å². The summed E-state index contributed by atoms with van der Waals surface area (Å²) in [5, 5.41) is 14.3. The van der Waals surface area contributed by atoms with E-state index in [1.165, 1.54) is 52.1 Å². The van der Waals surface area contributed by atoms with Crippen LogP contribution in [0.1, 0.15) is 133 Å². The van der Waals surface area contributed by atoms with Gasteiger partial charge in [0.25, 0.3) is 0 Å². The molecule has 0 aliphatic carbocycles. The average Bonchev–Trinajstić information content (AvgIpc) is 3.91. The van der Waals surface area contributed by atoms with E-state index in [2.05, 4.69) is 94.1 Å². The maximum absolute atomic E-state index is 13.2. The molecule has 3 rings (SSSR count). The summed E-state index contributed by atoms with van der Waals surface area (Å²) in [6, 6.07) is 6.99. The van der Waals surface area contributed by atoms with Crippen LogP contribution in [0, 0.1) is 23.7 Å². The van der Waals surface area contributed by atoms with Gasteiger partial charge in [-0.15, -0.1) is 0 Å². The fourth-order valence-electron chi connectivity index (χ4n) is 8.20. The van der Waals surface area contributed by atoms with E-state index in [9.17, 15) is 33.6 Å². The van der Waals surface area contributed by atoms with E-state index in [0.717, 1.165) is 42.4 Å². The summed E-state index contributed by atoms with van der Waals surface area (Å²) in [5.74, 6) is 0.390. The first kappa shape index (κ1) is 73.5. The van der Waals surface area contributed by atoms with Crippen molar-refractivity contribution < 1.29 is 43.0 Å². The molecule has 18 nitrogen and oxygen atoms in total. The lowest BCUT2D eigenvalue weighted by atomic mass is 9.87. The number of ether oxygens (including phenoxy) is 2. The molecule has 5 N–H and O–H groups in total. The number of Topliss-reactive ketones (excluding diaryl/α,β-unsaturated/α-hetero) is 1. The molecule has 9 unspecified atom stereocenters. The number of halogens is 1. The van der Waals surface area contributed by atoms with Gasteiger partial charge in [-0.1, -0.05) is 116 Å². The first-order valence-corrected chi connectivity index (χ1v) is 28.5. The smallest absolute Gasteiger partial charge is 0.243 e. The van der Waals surface area contributed by atoms with Crippen molar-refractivity contribution >= 4 is 69.9 Å². The molecule has 2 heterocycles. The summed E-state index contributed by atoms with van der Waals surface area (Å²) < 4.78 is 11.2. The second-order valence-corrected chi connectivity index (χ2v) is 20.7. The van der Waals surface area contributed by atoms with Crippen LogP contribution in [0.25, 0.3) is 0 Å². The largest absolute Gasteiger partial charge is 0.380 e. The molecule has 1 aromatic carbocycles. The number of aldehydes is 1. The number of allylic oxidation sites excluding steroid dienone is 1. The van der Waals surface area contributed by atoms with E-state index in [4.69, 9.17) is 9.47 Å². The van der Waals surface area contributed by atoms with Gasteiger partial charge in [-0.2, -0.15) is 0 Å². The van der Waals surface area contributed by atoms with Crippen molar-refractivity contribution in [3.63, 3.8) is 0 Å². The lowest BCUT2D eigenvalue weighted by Crippen LogP contribution is -2.51. The molecule has 436 valence electrons. The van der Waals surface area contributed by atoms with Crippen LogP contribution in [0.2, 0.25) is 0 Å². The summed E-state index contributed by atoms with van der Waals surface area (Å²) in [5.41, 5.74) is 2.25. The Kier molecular flexibility index (Phi) is 43.0. The maximum Gasteiger partial charge on any atom is 0.243 e. The van der Waals surface area contributed by atoms with Crippen molar-refractivity contribution in [1.82, 2.24) is 36.0 Å². The number of nitrogens with zero attached hydrogens (tertiary/aromatic N) is 4. The zero-order valence-corrected chi connectivity index (χ0v) is 51.1.